The van der Waals surface area contributed by atoms with Gasteiger partial charge in [-0.25, -0.2) is 0 Å². The van der Waals surface area contributed by atoms with Crippen molar-refractivity contribution >= 4 is 5.91 Å². The minimum Gasteiger partial charge on any atom is -0.343 e. The third-order valence-electron chi connectivity index (χ3n) is 3.56. The molecule has 1 amide bonds. The van der Waals surface area contributed by atoms with Crippen molar-refractivity contribution in [2.75, 3.05) is 19.6 Å². The van der Waals surface area contributed by atoms with E-state index < -0.39 is 0 Å². The van der Waals surface area contributed by atoms with Gasteiger partial charge in [-0.3, -0.25) is 9.48 Å². The molecule has 0 radical (unpaired) electrons. The Morgan fingerprint density at radius 2 is 1.95 bits per heavy atom. The molecule has 0 aliphatic rings. The van der Waals surface area contributed by atoms with E-state index in [0.29, 0.717) is 13.0 Å². The summed E-state index contributed by atoms with van der Waals surface area (Å²) in [4.78, 5) is 13.8. The van der Waals surface area contributed by atoms with Crippen LogP contribution in [0, 0.1) is 0 Å². The maximum absolute atomic E-state index is 11.9. The Morgan fingerprint density at radius 1 is 1.33 bits per heavy atom. The third kappa shape index (κ3) is 5.16. The molecular weight excluding hydrogens is 264 g/mol. The normalized spacial score (nSPS) is 11.7. The van der Waals surface area contributed by atoms with Crippen molar-refractivity contribution in [3.63, 3.8) is 0 Å². The summed E-state index contributed by atoms with van der Waals surface area (Å²) >= 11 is 0. The van der Waals surface area contributed by atoms with Crippen LogP contribution in [0.2, 0.25) is 0 Å². The van der Waals surface area contributed by atoms with Gasteiger partial charge in [0.2, 0.25) is 5.91 Å². The number of nitrogens with zero attached hydrogens (tertiary/aromatic N) is 3. The molecule has 0 aliphatic carbocycles. The molecule has 0 bridgehead atoms. The highest BCUT2D eigenvalue weighted by Gasteiger charge is 2.21. The minimum atomic E-state index is 0.0370. The second-order valence-corrected chi connectivity index (χ2v) is 6.42. The van der Waals surface area contributed by atoms with E-state index in [1.807, 2.05) is 30.5 Å². The Balaban J connectivity index is 2.49. The highest BCUT2D eigenvalue weighted by molar-refractivity contribution is 5.76. The van der Waals surface area contributed by atoms with E-state index in [0.717, 1.165) is 25.3 Å². The number of hydrogen-bond donors (Lipinski definition) is 1. The first-order valence-corrected chi connectivity index (χ1v) is 7.81. The lowest BCUT2D eigenvalue weighted by Gasteiger charge is -2.19. The number of aryl methyl sites for hydroxylation is 1. The lowest BCUT2D eigenvalue weighted by molar-refractivity contribution is -0.130. The van der Waals surface area contributed by atoms with Gasteiger partial charge >= 0.3 is 0 Å². The summed E-state index contributed by atoms with van der Waals surface area (Å²) in [6.07, 6.45) is 2.60. The number of amides is 1. The van der Waals surface area contributed by atoms with Gasteiger partial charge in [0.05, 0.1) is 5.69 Å². The highest BCUT2D eigenvalue weighted by Crippen LogP contribution is 2.23. The first-order valence-electron chi connectivity index (χ1n) is 7.81. The van der Waals surface area contributed by atoms with E-state index >= 15 is 0 Å². The van der Waals surface area contributed by atoms with E-state index in [4.69, 9.17) is 0 Å². The van der Waals surface area contributed by atoms with Crippen LogP contribution in [0.4, 0.5) is 0 Å². The molecule has 0 aromatic carbocycles. The number of hydrogen-bond acceptors (Lipinski definition) is 3. The van der Waals surface area contributed by atoms with Crippen LogP contribution in [0.15, 0.2) is 6.20 Å². The predicted molar refractivity (Wildman–Crippen MR) is 86.2 cm³/mol. The Morgan fingerprint density at radius 3 is 2.48 bits per heavy atom. The Kier molecular flexibility index (Phi) is 6.40. The van der Waals surface area contributed by atoms with Gasteiger partial charge in [-0.05, 0) is 13.8 Å². The second-order valence-electron chi connectivity index (χ2n) is 6.42. The van der Waals surface area contributed by atoms with Crippen LogP contribution in [-0.4, -0.2) is 40.2 Å². The van der Waals surface area contributed by atoms with Crippen molar-refractivity contribution in [2.45, 2.75) is 53.0 Å². The van der Waals surface area contributed by atoms with Crippen molar-refractivity contribution in [3.05, 3.63) is 17.5 Å². The topological polar surface area (TPSA) is 50.2 Å². The SMILES string of the molecule is CCN(CC)C(=O)CCNCc1cn(C)nc1C(C)(C)C. The number of nitrogens with one attached hydrogen (secondary N) is 1. The average Bonchev–Trinajstić information content (AvgIpc) is 2.77. The number of carbonyl (C=O) groups is 1. The van der Waals surface area contributed by atoms with Crippen LogP contribution in [0.25, 0.3) is 0 Å². The molecule has 21 heavy (non-hydrogen) atoms. The first-order chi connectivity index (χ1) is 9.79. The fraction of sp³-hybridized carbons (Fsp3) is 0.750. The fourth-order valence-corrected chi connectivity index (χ4v) is 2.45. The second kappa shape index (κ2) is 7.59. The molecule has 1 rings (SSSR count). The average molecular weight is 294 g/mol. The van der Waals surface area contributed by atoms with Gasteiger partial charge in [0.1, 0.15) is 0 Å². The van der Waals surface area contributed by atoms with Gasteiger partial charge < -0.3 is 10.2 Å². The van der Waals surface area contributed by atoms with E-state index in [-0.39, 0.29) is 11.3 Å². The van der Waals surface area contributed by atoms with Gasteiger partial charge in [-0.15, -0.1) is 0 Å². The van der Waals surface area contributed by atoms with Gasteiger partial charge in [0.15, 0.2) is 0 Å². The van der Waals surface area contributed by atoms with Crippen molar-refractivity contribution in [1.82, 2.24) is 20.0 Å². The summed E-state index contributed by atoms with van der Waals surface area (Å²) in [6.45, 7) is 13.6. The Bertz CT molecular complexity index is 455. The summed E-state index contributed by atoms with van der Waals surface area (Å²) in [6, 6.07) is 0. The van der Waals surface area contributed by atoms with Crippen molar-refractivity contribution in [2.24, 2.45) is 7.05 Å². The molecule has 0 spiro atoms. The number of aromatic nitrogens is 2. The smallest absolute Gasteiger partial charge is 0.223 e. The molecule has 120 valence electrons. The summed E-state index contributed by atoms with van der Waals surface area (Å²) in [5.41, 5.74) is 2.36. The van der Waals surface area contributed by atoms with Crippen LogP contribution in [-0.2, 0) is 23.8 Å². The standard InChI is InChI=1S/C16H30N4O/c1-7-20(8-2)14(21)9-10-17-11-13-12-19(6)18-15(13)16(3,4)5/h12,17H,7-11H2,1-6H3. The summed E-state index contributed by atoms with van der Waals surface area (Å²) < 4.78 is 1.86. The van der Waals surface area contributed by atoms with Crippen LogP contribution < -0.4 is 5.32 Å². The Labute approximate surface area is 128 Å². The molecule has 5 heteroatoms. The van der Waals surface area contributed by atoms with Crippen molar-refractivity contribution in [3.8, 4) is 0 Å². The van der Waals surface area contributed by atoms with Crippen LogP contribution in [0.5, 0.6) is 0 Å². The largest absolute Gasteiger partial charge is 0.343 e. The Hall–Kier alpha value is -1.36. The molecular formula is C16H30N4O. The lowest BCUT2D eigenvalue weighted by Crippen LogP contribution is -2.32. The van der Waals surface area contributed by atoms with Crippen molar-refractivity contribution < 1.29 is 4.79 Å². The third-order valence-corrected chi connectivity index (χ3v) is 3.56. The fourth-order valence-electron chi connectivity index (χ4n) is 2.45. The molecule has 1 aromatic heterocycles. The zero-order valence-electron chi connectivity index (χ0n) is 14.4. The van der Waals surface area contributed by atoms with Gasteiger partial charge in [0, 0.05) is 56.8 Å². The predicted octanol–water partition coefficient (Wildman–Crippen LogP) is 2.07. The quantitative estimate of drug-likeness (QED) is 0.783. The van der Waals surface area contributed by atoms with Gasteiger partial charge in [0.25, 0.3) is 0 Å². The summed E-state index contributed by atoms with van der Waals surface area (Å²) in [7, 11) is 1.95. The van der Waals surface area contributed by atoms with E-state index in [1.165, 1.54) is 5.56 Å². The van der Waals surface area contributed by atoms with Crippen LogP contribution in [0.3, 0.4) is 0 Å². The molecule has 1 heterocycles. The molecule has 0 atom stereocenters. The molecule has 5 nitrogen and oxygen atoms in total. The van der Waals surface area contributed by atoms with Gasteiger partial charge in [-0.1, -0.05) is 20.8 Å². The van der Waals surface area contributed by atoms with Crippen molar-refractivity contribution in [1.29, 1.82) is 0 Å². The van der Waals surface area contributed by atoms with Gasteiger partial charge in [-0.2, -0.15) is 5.10 Å². The van der Waals surface area contributed by atoms with E-state index in [9.17, 15) is 4.79 Å². The monoisotopic (exact) mass is 294 g/mol. The zero-order chi connectivity index (χ0) is 16.0. The lowest BCUT2D eigenvalue weighted by atomic mass is 9.89. The minimum absolute atomic E-state index is 0.0370. The zero-order valence-corrected chi connectivity index (χ0v) is 14.4. The maximum Gasteiger partial charge on any atom is 0.223 e. The molecule has 0 saturated carbocycles. The highest BCUT2D eigenvalue weighted by atomic mass is 16.2. The molecule has 1 aromatic rings. The maximum atomic E-state index is 11.9. The molecule has 1 N–H and O–H groups in total. The number of rotatable bonds is 7. The van der Waals surface area contributed by atoms with E-state index in [2.05, 4.69) is 37.4 Å². The number of carbonyl (C=O) groups excluding carboxylic acids is 1. The molecule has 0 saturated heterocycles. The molecule has 0 unspecified atom stereocenters. The molecule has 0 aliphatic heterocycles. The molecule has 0 fully saturated rings. The first kappa shape index (κ1) is 17.7. The summed E-state index contributed by atoms with van der Waals surface area (Å²) in [5, 5.41) is 7.91. The van der Waals surface area contributed by atoms with Crippen LogP contribution in [0.1, 0.15) is 52.3 Å². The summed E-state index contributed by atoms with van der Waals surface area (Å²) in [5.74, 6) is 0.217. The van der Waals surface area contributed by atoms with Crippen LogP contribution >= 0.6 is 0 Å². The van der Waals surface area contributed by atoms with E-state index in [1.54, 1.807) is 0 Å².